The lowest BCUT2D eigenvalue weighted by atomic mass is 9.85. The summed E-state index contributed by atoms with van der Waals surface area (Å²) in [5.41, 5.74) is 4.52. The Kier molecular flexibility index (Phi) is 13.4. The van der Waals surface area contributed by atoms with E-state index in [-0.39, 0.29) is 19.0 Å². The van der Waals surface area contributed by atoms with Gasteiger partial charge in [-0.2, -0.15) is 4.98 Å². The molecular formula is C24H40N3O17P. The van der Waals surface area contributed by atoms with E-state index in [2.05, 4.69) is 4.98 Å². The maximum absolute atomic E-state index is 12.9. The molecule has 21 heteroatoms. The van der Waals surface area contributed by atoms with E-state index < -0.39 is 99.8 Å². The summed E-state index contributed by atoms with van der Waals surface area (Å²) in [5, 5.41) is 62.5. The number of nitrogens with two attached hydrogens (primary N) is 1. The number of aliphatic carboxylic acids is 1. The third-order valence-electron chi connectivity index (χ3n) is 7.21. The van der Waals surface area contributed by atoms with Gasteiger partial charge in [-0.3, -0.25) is 9.09 Å². The second kappa shape index (κ2) is 16.1. The summed E-state index contributed by atoms with van der Waals surface area (Å²) in [6.07, 6.45) is -12.9. The van der Waals surface area contributed by atoms with Gasteiger partial charge in [-0.05, 0) is 6.07 Å². The minimum Gasteiger partial charge on any atom is -0.477 e. The van der Waals surface area contributed by atoms with Crippen LogP contribution < -0.4 is 11.4 Å². The van der Waals surface area contributed by atoms with E-state index in [4.69, 9.17) is 38.5 Å². The number of aliphatic hydroxyl groups is 5. The smallest absolute Gasteiger partial charge is 0.475 e. The van der Waals surface area contributed by atoms with Crippen molar-refractivity contribution in [2.45, 2.75) is 68.1 Å². The molecule has 2 aliphatic rings. The Morgan fingerprint density at radius 3 is 2.51 bits per heavy atom. The second-order valence-corrected chi connectivity index (χ2v) is 11.8. The van der Waals surface area contributed by atoms with Crippen LogP contribution in [0.15, 0.2) is 17.1 Å². The summed E-state index contributed by atoms with van der Waals surface area (Å²) < 4.78 is 49.6. The van der Waals surface area contributed by atoms with E-state index in [1.165, 1.54) is 20.1 Å². The highest BCUT2D eigenvalue weighted by Gasteiger charge is 2.57. The van der Waals surface area contributed by atoms with Gasteiger partial charge < -0.3 is 65.0 Å². The number of hydrogen-bond donors (Lipinski definition) is 8. The Bertz CT molecular complexity index is 1220. The summed E-state index contributed by atoms with van der Waals surface area (Å²) in [4.78, 5) is 38.3. The number of aliphatic hydroxyl groups excluding tert-OH is 5. The van der Waals surface area contributed by atoms with Crippen molar-refractivity contribution in [1.82, 2.24) is 9.55 Å². The van der Waals surface area contributed by atoms with Gasteiger partial charge in [0.2, 0.25) is 0 Å². The van der Waals surface area contributed by atoms with Crippen LogP contribution in [-0.4, -0.2) is 146 Å². The standard InChI is InChI=1S/C24H40N3O17P/c1-12-13(28)9-24(22(33)34,43-20(12)17(30)14(29)10-40-8-7-39-6-5-38-2)44-45(36,37)41-11-15-18(31)19(32)21(42-15)27-4-3-16(25)26-23(27)35/h3-4,12-15,17-21,28-32H,5-11H2,1-2H3,(H,33,34)(H,36,37)(H2,25,26,35)/t12-,13-,14-,15?,17-,18-,19-,20?,21?,24-/m1/s1. The zero-order valence-electron chi connectivity index (χ0n) is 24.4. The molecule has 9 N–H and O–H groups in total. The maximum atomic E-state index is 12.9. The highest BCUT2D eigenvalue weighted by atomic mass is 31.2. The minimum atomic E-state index is -5.43. The Morgan fingerprint density at radius 1 is 1.20 bits per heavy atom. The summed E-state index contributed by atoms with van der Waals surface area (Å²) in [7, 11) is -3.92. The highest BCUT2D eigenvalue weighted by molar-refractivity contribution is 7.47. The summed E-state index contributed by atoms with van der Waals surface area (Å²) >= 11 is 0. The van der Waals surface area contributed by atoms with Gasteiger partial charge in [-0.25, -0.2) is 18.7 Å². The largest absolute Gasteiger partial charge is 0.477 e. The zero-order chi connectivity index (χ0) is 33.5. The lowest BCUT2D eigenvalue weighted by Gasteiger charge is -2.45. The molecule has 45 heavy (non-hydrogen) atoms. The first-order chi connectivity index (χ1) is 21.1. The van der Waals surface area contributed by atoms with Crippen LogP contribution in [0.1, 0.15) is 19.6 Å². The number of phosphoric acid groups is 1. The van der Waals surface area contributed by atoms with Gasteiger partial charge in [0.05, 0.1) is 51.8 Å². The molecule has 11 atom stereocenters. The van der Waals surface area contributed by atoms with Crippen LogP contribution in [-0.2, 0) is 42.1 Å². The molecule has 0 bridgehead atoms. The third-order valence-corrected chi connectivity index (χ3v) is 8.21. The third kappa shape index (κ3) is 9.46. The summed E-state index contributed by atoms with van der Waals surface area (Å²) in [5.74, 6) is -6.12. The van der Waals surface area contributed by atoms with Crippen LogP contribution >= 0.6 is 7.82 Å². The van der Waals surface area contributed by atoms with Crippen molar-refractivity contribution in [3.05, 3.63) is 22.7 Å². The molecule has 4 unspecified atom stereocenters. The molecule has 1 aromatic heterocycles. The Balaban J connectivity index is 1.64. The van der Waals surface area contributed by atoms with Crippen LogP contribution in [0, 0.1) is 5.92 Å². The number of carbonyl (C=O) groups is 1. The number of aromatic nitrogens is 2. The van der Waals surface area contributed by atoms with Crippen molar-refractivity contribution < 1.29 is 77.6 Å². The van der Waals surface area contributed by atoms with Crippen molar-refractivity contribution in [2.24, 2.45) is 5.92 Å². The van der Waals surface area contributed by atoms with Gasteiger partial charge in [0.1, 0.15) is 36.3 Å². The molecule has 2 fully saturated rings. The number of ether oxygens (including phenoxy) is 5. The van der Waals surface area contributed by atoms with Crippen molar-refractivity contribution in [3.63, 3.8) is 0 Å². The molecule has 0 radical (unpaired) electrons. The first-order valence-corrected chi connectivity index (χ1v) is 15.3. The molecule has 2 saturated heterocycles. The average molecular weight is 674 g/mol. The van der Waals surface area contributed by atoms with Crippen LogP contribution in [0.4, 0.5) is 5.82 Å². The van der Waals surface area contributed by atoms with Crippen LogP contribution in [0.3, 0.4) is 0 Å². The van der Waals surface area contributed by atoms with E-state index in [1.807, 2.05) is 0 Å². The van der Waals surface area contributed by atoms with E-state index in [0.29, 0.717) is 13.2 Å². The van der Waals surface area contributed by atoms with Crippen LogP contribution in [0.25, 0.3) is 0 Å². The molecular weight excluding hydrogens is 633 g/mol. The first kappa shape index (κ1) is 37.3. The topological polar surface area (TPSA) is 301 Å². The van der Waals surface area contributed by atoms with Gasteiger partial charge in [0.15, 0.2) is 6.23 Å². The van der Waals surface area contributed by atoms with Crippen LogP contribution in [0.5, 0.6) is 0 Å². The van der Waals surface area contributed by atoms with Gasteiger partial charge in [-0.15, -0.1) is 0 Å². The Hall–Kier alpha value is -2.14. The lowest BCUT2D eigenvalue weighted by Crippen LogP contribution is -2.61. The number of nitrogens with zero attached hydrogens (tertiary/aromatic N) is 2. The molecule has 3 rings (SSSR count). The molecule has 20 nitrogen and oxygen atoms in total. The van der Waals surface area contributed by atoms with E-state index >= 15 is 0 Å². The van der Waals surface area contributed by atoms with Crippen molar-refractivity contribution in [3.8, 4) is 0 Å². The van der Waals surface area contributed by atoms with E-state index in [9.17, 15) is 49.7 Å². The van der Waals surface area contributed by atoms with Gasteiger partial charge in [-0.1, -0.05) is 6.92 Å². The van der Waals surface area contributed by atoms with Crippen molar-refractivity contribution >= 4 is 19.6 Å². The Labute approximate surface area is 256 Å². The number of anilines is 1. The average Bonchev–Trinajstić information content (AvgIpc) is 3.25. The predicted octanol–water partition coefficient (Wildman–Crippen LogP) is -3.45. The molecule has 0 aromatic carbocycles. The quantitative estimate of drug-likeness (QED) is 0.0589. The predicted molar refractivity (Wildman–Crippen MR) is 146 cm³/mol. The number of carboxylic acid groups (broad SMARTS) is 1. The zero-order valence-corrected chi connectivity index (χ0v) is 25.3. The fraction of sp³-hybridized carbons (Fsp3) is 0.792. The molecule has 0 amide bonds. The number of hydrogen-bond acceptors (Lipinski definition) is 17. The summed E-state index contributed by atoms with van der Waals surface area (Å²) in [6.45, 7) is 0.869. The number of methoxy groups -OCH3 is 1. The lowest BCUT2D eigenvalue weighted by molar-refractivity contribution is -0.296. The number of rotatable bonds is 17. The molecule has 0 saturated carbocycles. The monoisotopic (exact) mass is 673 g/mol. The van der Waals surface area contributed by atoms with E-state index in [0.717, 1.165) is 10.8 Å². The fourth-order valence-corrected chi connectivity index (χ4v) is 5.61. The van der Waals surface area contributed by atoms with Crippen molar-refractivity contribution in [1.29, 1.82) is 0 Å². The van der Waals surface area contributed by atoms with Crippen LogP contribution in [0.2, 0.25) is 0 Å². The van der Waals surface area contributed by atoms with E-state index in [1.54, 1.807) is 0 Å². The highest BCUT2D eigenvalue weighted by Crippen LogP contribution is 2.52. The molecule has 1 aromatic rings. The first-order valence-electron chi connectivity index (χ1n) is 13.8. The number of phosphoric ester groups is 1. The second-order valence-electron chi connectivity index (χ2n) is 10.5. The normalized spacial score (nSPS) is 33.0. The molecule has 3 heterocycles. The molecule has 0 spiro atoms. The van der Waals surface area contributed by atoms with Gasteiger partial charge >= 0.3 is 19.5 Å². The maximum Gasteiger partial charge on any atom is 0.475 e. The fourth-order valence-electron chi connectivity index (χ4n) is 4.65. The molecule has 0 aliphatic carbocycles. The number of carboxylic acids is 1. The Morgan fingerprint density at radius 2 is 1.87 bits per heavy atom. The van der Waals surface area contributed by atoms with Gasteiger partial charge in [0.25, 0.3) is 5.79 Å². The minimum absolute atomic E-state index is 0.0369. The van der Waals surface area contributed by atoms with Crippen molar-refractivity contribution in [2.75, 3.05) is 52.5 Å². The summed E-state index contributed by atoms with van der Waals surface area (Å²) in [6, 6.07) is 1.23. The molecule has 2 aliphatic heterocycles. The van der Waals surface area contributed by atoms with Gasteiger partial charge in [0, 0.05) is 25.6 Å². The molecule has 258 valence electrons. The number of nitrogen functional groups attached to an aromatic ring is 1. The SMILES string of the molecule is COCCOCCOC[C@@H](O)[C@@H](O)C1O[C@](OP(=O)(O)OCC2OC(n3ccc(N)nc3=O)[C@H](O)[C@@H]2O)(C(=O)O)C[C@@H](O)[C@H]1C.